The van der Waals surface area contributed by atoms with Crippen LogP contribution in [0.1, 0.15) is 29.8 Å². The average molecular weight is 269 g/mol. The quantitative estimate of drug-likeness (QED) is 0.902. The number of sulfonamides is 1. The highest BCUT2D eigenvalue weighted by Crippen LogP contribution is 2.35. The molecule has 1 aliphatic rings. The van der Waals surface area contributed by atoms with Crippen LogP contribution < -0.4 is 4.31 Å². The van der Waals surface area contributed by atoms with Gasteiger partial charge in [-0.1, -0.05) is 0 Å². The smallest absolute Gasteiger partial charge is 0.335 e. The summed E-state index contributed by atoms with van der Waals surface area (Å²) in [5.74, 6) is -0.959. The number of hydrogen-bond donors (Lipinski definition) is 1. The molecule has 1 N–H and O–H groups in total. The fraction of sp³-hybridized carbons (Fsp3) is 0.417. The van der Waals surface area contributed by atoms with Gasteiger partial charge in [0.05, 0.1) is 17.0 Å². The Kier molecular flexibility index (Phi) is 3.06. The number of hydrogen-bond acceptors (Lipinski definition) is 3. The van der Waals surface area contributed by atoms with Gasteiger partial charge in [-0.15, -0.1) is 0 Å². The highest BCUT2D eigenvalue weighted by Gasteiger charge is 2.34. The molecule has 0 spiro atoms. The number of carboxylic acid groups (broad SMARTS) is 1. The van der Waals surface area contributed by atoms with Gasteiger partial charge >= 0.3 is 5.97 Å². The summed E-state index contributed by atoms with van der Waals surface area (Å²) in [6.45, 7) is 3.43. The molecular formula is C12H15NO4S. The zero-order chi connectivity index (χ0) is 13.5. The molecule has 0 bridgehead atoms. The second kappa shape index (κ2) is 4.28. The van der Waals surface area contributed by atoms with Gasteiger partial charge in [-0.25, -0.2) is 13.2 Å². The third-order valence-electron chi connectivity index (χ3n) is 3.14. The molecular weight excluding hydrogens is 254 g/mol. The topological polar surface area (TPSA) is 74.7 Å². The van der Waals surface area contributed by atoms with Crippen LogP contribution in [0.4, 0.5) is 5.69 Å². The van der Waals surface area contributed by atoms with Gasteiger partial charge in [0.15, 0.2) is 0 Å². The molecule has 0 radical (unpaired) electrons. The van der Waals surface area contributed by atoms with Crippen LogP contribution >= 0.6 is 0 Å². The minimum atomic E-state index is -3.31. The molecule has 1 aliphatic heterocycles. The summed E-state index contributed by atoms with van der Waals surface area (Å²) in [5.41, 5.74) is 1.57. The molecule has 1 atom stereocenters. The minimum Gasteiger partial charge on any atom is -0.478 e. The Morgan fingerprint density at radius 2 is 2.17 bits per heavy atom. The van der Waals surface area contributed by atoms with Crippen LogP contribution in [-0.2, 0) is 16.4 Å². The van der Waals surface area contributed by atoms with Crippen LogP contribution in [0.3, 0.4) is 0 Å². The van der Waals surface area contributed by atoms with Gasteiger partial charge in [0.1, 0.15) is 0 Å². The van der Waals surface area contributed by atoms with Crippen LogP contribution in [0, 0.1) is 0 Å². The first-order chi connectivity index (χ1) is 8.36. The van der Waals surface area contributed by atoms with Gasteiger partial charge < -0.3 is 5.11 Å². The van der Waals surface area contributed by atoms with Gasteiger partial charge in [-0.3, -0.25) is 4.31 Å². The van der Waals surface area contributed by atoms with Crippen molar-refractivity contribution in [2.45, 2.75) is 26.3 Å². The average Bonchev–Trinajstić information content (AvgIpc) is 2.64. The molecule has 0 fully saturated rings. The van der Waals surface area contributed by atoms with Gasteiger partial charge in [0, 0.05) is 6.04 Å². The predicted molar refractivity (Wildman–Crippen MR) is 68.5 cm³/mol. The number of aromatic carboxylic acids is 1. The fourth-order valence-corrected chi connectivity index (χ4v) is 3.68. The Morgan fingerprint density at radius 1 is 1.50 bits per heavy atom. The highest BCUT2D eigenvalue weighted by atomic mass is 32.2. The molecule has 18 heavy (non-hydrogen) atoms. The van der Waals surface area contributed by atoms with E-state index in [4.69, 9.17) is 5.11 Å². The number of carbonyl (C=O) groups is 1. The van der Waals surface area contributed by atoms with E-state index < -0.39 is 16.0 Å². The van der Waals surface area contributed by atoms with Crippen LogP contribution in [0.25, 0.3) is 0 Å². The molecule has 0 aromatic heterocycles. The Hall–Kier alpha value is -1.56. The Morgan fingerprint density at radius 3 is 2.72 bits per heavy atom. The van der Waals surface area contributed by atoms with Crippen molar-refractivity contribution in [3.63, 3.8) is 0 Å². The molecule has 0 unspecified atom stereocenters. The standard InChI is InChI=1S/C12H15NO4S/c1-3-18(16,17)13-8(2)6-10-7-9(12(14)15)4-5-11(10)13/h4-5,7-8H,3,6H2,1-2H3,(H,14,15)/t8-/m1/s1. The van der Waals surface area contributed by atoms with E-state index in [9.17, 15) is 13.2 Å². The van der Waals surface area contributed by atoms with Crippen LogP contribution in [0.2, 0.25) is 0 Å². The highest BCUT2D eigenvalue weighted by molar-refractivity contribution is 7.92. The van der Waals surface area contributed by atoms with E-state index in [0.717, 1.165) is 5.56 Å². The second-order valence-electron chi connectivity index (χ2n) is 4.40. The van der Waals surface area contributed by atoms with Crippen molar-refractivity contribution < 1.29 is 18.3 Å². The Bertz CT molecular complexity index is 594. The van der Waals surface area contributed by atoms with Crippen LogP contribution in [0.5, 0.6) is 0 Å². The lowest BCUT2D eigenvalue weighted by Gasteiger charge is -2.23. The summed E-state index contributed by atoms with van der Waals surface area (Å²) in [4.78, 5) is 10.9. The second-order valence-corrected chi connectivity index (χ2v) is 6.53. The number of nitrogens with zero attached hydrogens (tertiary/aromatic N) is 1. The van der Waals surface area contributed by atoms with Crippen LogP contribution in [0.15, 0.2) is 18.2 Å². The molecule has 1 aromatic rings. The van der Waals surface area contributed by atoms with Crippen molar-refractivity contribution in [2.75, 3.05) is 10.1 Å². The minimum absolute atomic E-state index is 0.0391. The van der Waals surface area contributed by atoms with Gasteiger partial charge in [-0.05, 0) is 44.0 Å². The lowest BCUT2D eigenvalue weighted by atomic mass is 10.1. The van der Waals surface area contributed by atoms with Crippen molar-refractivity contribution in [3.05, 3.63) is 29.3 Å². The van der Waals surface area contributed by atoms with E-state index in [-0.39, 0.29) is 17.4 Å². The number of benzene rings is 1. The van der Waals surface area contributed by atoms with Crippen LogP contribution in [-0.4, -0.2) is 31.3 Å². The molecule has 0 saturated heterocycles. The van der Waals surface area contributed by atoms with Crippen molar-refractivity contribution in [3.8, 4) is 0 Å². The molecule has 1 heterocycles. The monoisotopic (exact) mass is 269 g/mol. The molecule has 1 aromatic carbocycles. The van der Waals surface area contributed by atoms with E-state index in [1.54, 1.807) is 19.1 Å². The third-order valence-corrected chi connectivity index (χ3v) is 5.03. The zero-order valence-electron chi connectivity index (χ0n) is 10.3. The number of carboxylic acids is 1. The van der Waals surface area contributed by atoms with E-state index in [2.05, 4.69) is 0 Å². The maximum Gasteiger partial charge on any atom is 0.335 e. The van der Waals surface area contributed by atoms with E-state index in [1.807, 2.05) is 6.92 Å². The van der Waals surface area contributed by atoms with Crippen molar-refractivity contribution in [1.29, 1.82) is 0 Å². The molecule has 0 aliphatic carbocycles. The van der Waals surface area contributed by atoms with E-state index in [0.29, 0.717) is 12.1 Å². The molecule has 5 nitrogen and oxygen atoms in total. The first kappa shape index (κ1) is 12.9. The molecule has 0 saturated carbocycles. The summed E-state index contributed by atoms with van der Waals surface area (Å²) in [5, 5.41) is 8.92. The summed E-state index contributed by atoms with van der Waals surface area (Å²) >= 11 is 0. The summed E-state index contributed by atoms with van der Waals surface area (Å²) in [7, 11) is -3.31. The Balaban J connectivity index is 2.51. The summed E-state index contributed by atoms with van der Waals surface area (Å²) < 4.78 is 25.4. The van der Waals surface area contributed by atoms with Gasteiger partial charge in [0.2, 0.25) is 10.0 Å². The van der Waals surface area contributed by atoms with E-state index in [1.165, 1.54) is 10.4 Å². The van der Waals surface area contributed by atoms with E-state index >= 15 is 0 Å². The Labute approximate surface area is 106 Å². The molecule has 2 rings (SSSR count). The number of anilines is 1. The van der Waals surface area contributed by atoms with Gasteiger partial charge in [0.25, 0.3) is 0 Å². The van der Waals surface area contributed by atoms with Crippen molar-refractivity contribution >= 4 is 21.7 Å². The number of fused-ring (bicyclic) bond motifs is 1. The largest absolute Gasteiger partial charge is 0.478 e. The lowest BCUT2D eigenvalue weighted by Crippen LogP contribution is -2.36. The molecule has 6 heteroatoms. The van der Waals surface area contributed by atoms with Crippen molar-refractivity contribution in [1.82, 2.24) is 0 Å². The first-order valence-corrected chi connectivity index (χ1v) is 7.36. The summed E-state index contributed by atoms with van der Waals surface area (Å²) in [6.07, 6.45) is 0.551. The third kappa shape index (κ3) is 1.96. The molecule has 0 amide bonds. The first-order valence-electron chi connectivity index (χ1n) is 5.75. The lowest BCUT2D eigenvalue weighted by molar-refractivity contribution is 0.0697. The number of rotatable bonds is 3. The van der Waals surface area contributed by atoms with Gasteiger partial charge in [-0.2, -0.15) is 0 Å². The maximum absolute atomic E-state index is 12.0. The molecule has 98 valence electrons. The maximum atomic E-state index is 12.0. The zero-order valence-corrected chi connectivity index (χ0v) is 11.1. The van der Waals surface area contributed by atoms with Crippen molar-refractivity contribution in [2.24, 2.45) is 0 Å². The predicted octanol–water partition coefficient (Wildman–Crippen LogP) is 1.49. The fourth-order valence-electron chi connectivity index (χ4n) is 2.30. The normalized spacial score (nSPS) is 18.8. The summed E-state index contributed by atoms with van der Waals surface area (Å²) in [6, 6.07) is 4.42. The SMILES string of the molecule is CCS(=O)(=O)N1c2ccc(C(=O)O)cc2C[C@H]1C.